The Balaban J connectivity index is 1.70. The van der Waals surface area contributed by atoms with E-state index in [9.17, 15) is 19.8 Å². The molecule has 3 aliphatic heterocycles. The molecule has 0 aromatic heterocycles. The van der Waals surface area contributed by atoms with Crippen molar-refractivity contribution in [1.29, 1.82) is 0 Å². The number of rotatable bonds is 9. The van der Waals surface area contributed by atoms with Gasteiger partial charge in [-0.15, -0.1) is 0 Å². The van der Waals surface area contributed by atoms with Crippen molar-refractivity contribution in [3.63, 3.8) is 0 Å². The number of anilines is 1. The SMILES string of the molecule is Cc1cc2nc3c(=O)[nH]c(=O)nc-3n(CC(O)C(O)CCO)c2cc1NCCN1CCN(C)CC1. The van der Waals surface area contributed by atoms with Crippen LogP contribution in [0.5, 0.6) is 0 Å². The Labute approximate surface area is 202 Å². The molecule has 2 unspecified atom stereocenters. The summed E-state index contributed by atoms with van der Waals surface area (Å²) in [5.41, 5.74) is 1.32. The van der Waals surface area contributed by atoms with Crippen molar-refractivity contribution >= 4 is 16.7 Å². The van der Waals surface area contributed by atoms with Gasteiger partial charge in [-0.25, -0.2) is 9.78 Å². The fraction of sp³-hybridized carbons (Fsp3) is 0.565. The lowest BCUT2D eigenvalue weighted by Crippen LogP contribution is -2.45. The maximum atomic E-state index is 12.4. The highest BCUT2D eigenvalue weighted by molar-refractivity contribution is 5.84. The molecule has 3 heterocycles. The minimum absolute atomic E-state index is 0.0122. The molecule has 0 radical (unpaired) electrons. The third kappa shape index (κ3) is 5.68. The van der Waals surface area contributed by atoms with Gasteiger partial charge in [0.15, 0.2) is 11.5 Å². The molecule has 3 aliphatic rings. The van der Waals surface area contributed by atoms with E-state index in [1.54, 1.807) is 0 Å². The Bertz CT molecular complexity index is 1250. The molecule has 12 nitrogen and oxygen atoms in total. The van der Waals surface area contributed by atoms with E-state index in [1.165, 1.54) is 4.57 Å². The normalized spacial score (nSPS) is 17.2. The number of aromatic nitrogens is 4. The number of hydrogen-bond acceptors (Lipinski definition) is 10. The largest absolute Gasteiger partial charge is 0.396 e. The fourth-order valence-corrected chi connectivity index (χ4v) is 4.37. The number of fused-ring (bicyclic) bond motifs is 2. The van der Waals surface area contributed by atoms with Crippen LogP contribution >= 0.6 is 0 Å². The third-order valence-corrected chi connectivity index (χ3v) is 6.53. The van der Waals surface area contributed by atoms with E-state index >= 15 is 0 Å². The summed E-state index contributed by atoms with van der Waals surface area (Å²) >= 11 is 0. The third-order valence-electron chi connectivity index (χ3n) is 6.53. The quantitative estimate of drug-likeness (QED) is 0.229. The molecule has 35 heavy (non-hydrogen) atoms. The monoisotopic (exact) mass is 487 g/mol. The first-order valence-corrected chi connectivity index (χ1v) is 11.8. The van der Waals surface area contributed by atoms with Crippen LogP contribution in [0.2, 0.25) is 0 Å². The van der Waals surface area contributed by atoms with E-state index in [0.717, 1.165) is 50.5 Å². The summed E-state index contributed by atoms with van der Waals surface area (Å²) in [4.78, 5) is 39.6. The van der Waals surface area contributed by atoms with Gasteiger partial charge in [0.1, 0.15) is 0 Å². The van der Waals surface area contributed by atoms with Crippen molar-refractivity contribution in [2.75, 3.05) is 58.2 Å². The Morgan fingerprint density at radius 3 is 2.57 bits per heavy atom. The lowest BCUT2D eigenvalue weighted by Gasteiger charge is -2.32. The number of aliphatic hydroxyl groups excluding tert-OH is 3. The number of nitrogens with zero attached hydrogens (tertiary/aromatic N) is 5. The molecule has 5 N–H and O–H groups in total. The number of likely N-dealkylation sites (N-methyl/N-ethyl adjacent to an activating group) is 1. The number of H-pyrrole nitrogens is 1. The van der Waals surface area contributed by atoms with Crippen molar-refractivity contribution < 1.29 is 15.3 Å². The van der Waals surface area contributed by atoms with Crippen LogP contribution in [0.25, 0.3) is 22.6 Å². The molecule has 2 atom stereocenters. The zero-order valence-electron chi connectivity index (χ0n) is 20.1. The minimum atomic E-state index is -1.26. The van der Waals surface area contributed by atoms with Gasteiger partial charge in [0, 0.05) is 51.6 Å². The Morgan fingerprint density at radius 1 is 1.11 bits per heavy atom. The van der Waals surface area contributed by atoms with Crippen LogP contribution in [0, 0.1) is 6.92 Å². The van der Waals surface area contributed by atoms with Crippen molar-refractivity contribution in [3.8, 4) is 11.5 Å². The number of piperazine rings is 1. The van der Waals surface area contributed by atoms with Crippen LogP contribution < -0.4 is 16.6 Å². The second-order valence-corrected chi connectivity index (χ2v) is 9.14. The highest BCUT2D eigenvalue weighted by atomic mass is 16.3. The predicted molar refractivity (Wildman–Crippen MR) is 132 cm³/mol. The molecule has 0 saturated carbocycles. The molecule has 0 aliphatic carbocycles. The molecule has 190 valence electrons. The van der Waals surface area contributed by atoms with Gasteiger partial charge in [0.05, 0.1) is 29.8 Å². The summed E-state index contributed by atoms with van der Waals surface area (Å²) in [6.45, 7) is 7.28. The number of aliphatic hydroxyl groups is 3. The van der Waals surface area contributed by atoms with Gasteiger partial charge in [-0.2, -0.15) is 4.98 Å². The lowest BCUT2D eigenvalue weighted by molar-refractivity contribution is -0.00282. The Hall–Kier alpha value is -2.90. The van der Waals surface area contributed by atoms with Crippen LogP contribution in [-0.2, 0) is 6.54 Å². The molecule has 0 amide bonds. The van der Waals surface area contributed by atoms with Crippen LogP contribution in [0.3, 0.4) is 0 Å². The number of aryl methyl sites for hydroxylation is 1. The maximum Gasteiger partial charge on any atom is 0.349 e. The number of hydrogen-bond donors (Lipinski definition) is 5. The van der Waals surface area contributed by atoms with Gasteiger partial charge in [-0.3, -0.25) is 14.7 Å². The highest BCUT2D eigenvalue weighted by Gasteiger charge is 2.24. The first-order chi connectivity index (χ1) is 16.8. The van der Waals surface area contributed by atoms with Crippen LogP contribution in [-0.4, -0.2) is 110 Å². The van der Waals surface area contributed by atoms with E-state index in [1.807, 2.05) is 19.1 Å². The molecule has 1 aromatic rings. The Morgan fingerprint density at radius 2 is 1.86 bits per heavy atom. The van der Waals surface area contributed by atoms with Crippen molar-refractivity contribution in [2.24, 2.45) is 0 Å². The molecule has 0 bridgehead atoms. The molecular formula is C23H33N7O5. The van der Waals surface area contributed by atoms with Crippen molar-refractivity contribution in [2.45, 2.75) is 32.1 Å². The molecule has 1 aromatic carbocycles. The van der Waals surface area contributed by atoms with E-state index < -0.39 is 23.5 Å². The van der Waals surface area contributed by atoms with Crippen molar-refractivity contribution in [1.82, 2.24) is 29.3 Å². The number of benzene rings is 1. The average molecular weight is 488 g/mol. The Kier molecular flexibility index (Phi) is 7.77. The fourth-order valence-electron chi connectivity index (χ4n) is 4.37. The van der Waals surface area contributed by atoms with E-state index in [4.69, 9.17) is 5.11 Å². The van der Waals surface area contributed by atoms with E-state index in [2.05, 4.69) is 37.1 Å². The van der Waals surface area contributed by atoms with E-state index in [-0.39, 0.29) is 31.1 Å². The van der Waals surface area contributed by atoms with Crippen LogP contribution in [0.1, 0.15) is 12.0 Å². The van der Waals surface area contributed by atoms with Gasteiger partial charge >= 0.3 is 5.69 Å². The molecule has 12 heteroatoms. The van der Waals surface area contributed by atoms with Gasteiger partial charge in [-0.1, -0.05) is 0 Å². The summed E-state index contributed by atoms with van der Waals surface area (Å²) in [6, 6.07) is 3.70. The van der Waals surface area contributed by atoms with Gasteiger partial charge in [0.25, 0.3) is 5.56 Å². The second kappa shape index (κ2) is 10.8. The molecule has 0 spiro atoms. The van der Waals surface area contributed by atoms with Crippen molar-refractivity contribution in [3.05, 3.63) is 38.5 Å². The zero-order valence-corrected chi connectivity index (χ0v) is 20.1. The predicted octanol–water partition coefficient (Wildman–Crippen LogP) is -1.34. The average Bonchev–Trinajstić information content (AvgIpc) is 2.81. The van der Waals surface area contributed by atoms with E-state index in [0.29, 0.717) is 11.0 Å². The van der Waals surface area contributed by atoms with Crippen LogP contribution in [0.4, 0.5) is 5.69 Å². The van der Waals surface area contributed by atoms with Gasteiger partial charge in [-0.05, 0) is 38.1 Å². The number of nitrogens with one attached hydrogen (secondary N) is 2. The molecular weight excluding hydrogens is 454 g/mol. The smallest absolute Gasteiger partial charge is 0.349 e. The summed E-state index contributed by atoms with van der Waals surface area (Å²) in [5, 5.41) is 33.3. The summed E-state index contributed by atoms with van der Waals surface area (Å²) in [7, 11) is 2.12. The van der Waals surface area contributed by atoms with Gasteiger partial charge < -0.3 is 30.1 Å². The lowest BCUT2D eigenvalue weighted by atomic mass is 10.1. The molecule has 1 saturated heterocycles. The first-order valence-electron chi connectivity index (χ1n) is 11.8. The molecule has 4 rings (SSSR count). The summed E-state index contributed by atoms with van der Waals surface area (Å²) < 4.78 is 1.53. The standard InChI is InChI=1S/C23H33N7O5/c1-14-11-16-17(12-15(14)24-4-5-29-8-6-28(2)7-9-29)30(13-19(33)18(32)3-10-31)21-20(25-16)22(34)27-23(35)26-21/h11-12,18-19,24,31-33H,3-10,13H2,1-2H3,(H,27,34,35). The minimum Gasteiger partial charge on any atom is -0.396 e. The summed E-state index contributed by atoms with van der Waals surface area (Å²) in [6.07, 6.45) is -2.46. The maximum absolute atomic E-state index is 12.4. The number of aromatic amines is 1. The molecule has 1 fully saturated rings. The van der Waals surface area contributed by atoms with Gasteiger partial charge in [0.2, 0.25) is 0 Å². The second-order valence-electron chi connectivity index (χ2n) is 9.14. The zero-order chi connectivity index (χ0) is 25.1. The van der Waals surface area contributed by atoms with Crippen LogP contribution in [0.15, 0.2) is 21.7 Å². The topological polar surface area (TPSA) is 160 Å². The highest BCUT2D eigenvalue weighted by Crippen LogP contribution is 2.27. The summed E-state index contributed by atoms with van der Waals surface area (Å²) in [5.74, 6) is 0.0220. The first kappa shape index (κ1) is 25.2.